The maximum absolute atomic E-state index is 12.6. The fraction of sp³-hybridized carbons (Fsp3) is 0.409. The first-order valence-corrected chi connectivity index (χ1v) is 8.42. The van der Waals surface area contributed by atoms with Crippen LogP contribution in [-0.2, 0) is 11.8 Å². The Balaban J connectivity index is 2.21. The van der Waals surface area contributed by atoms with E-state index in [9.17, 15) is 4.79 Å². The molecule has 1 heteroatoms. The predicted molar refractivity (Wildman–Crippen MR) is 98.4 cm³/mol. The van der Waals surface area contributed by atoms with Crippen LogP contribution in [0.25, 0.3) is 0 Å². The van der Waals surface area contributed by atoms with Crippen LogP contribution in [0.5, 0.6) is 0 Å². The predicted octanol–water partition coefficient (Wildman–Crippen LogP) is 5.84. The van der Waals surface area contributed by atoms with Crippen molar-refractivity contribution in [3.8, 4) is 0 Å². The summed E-state index contributed by atoms with van der Waals surface area (Å²) in [5, 5.41) is 0. The second-order valence-electron chi connectivity index (χ2n) is 7.71. The average molecular weight is 308 g/mol. The first-order valence-electron chi connectivity index (χ1n) is 8.42. The maximum Gasteiger partial charge on any atom is 0.167 e. The van der Waals surface area contributed by atoms with Gasteiger partial charge >= 0.3 is 0 Å². The van der Waals surface area contributed by atoms with Gasteiger partial charge in [0, 0.05) is 12.0 Å². The minimum absolute atomic E-state index is 0.115. The number of Topliss-reactive ketones (excluding diaryl/α,β-unsaturated/α-hetero) is 1. The summed E-state index contributed by atoms with van der Waals surface area (Å²) >= 11 is 0. The Morgan fingerprint density at radius 2 is 1.61 bits per heavy atom. The molecule has 0 fully saturated rings. The van der Waals surface area contributed by atoms with Crippen molar-refractivity contribution in [3.05, 3.63) is 70.3 Å². The molecular weight excluding hydrogens is 280 g/mol. The van der Waals surface area contributed by atoms with Crippen LogP contribution in [0.4, 0.5) is 0 Å². The molecule has 122 valence electrons. The van der Waals surface area contributed by atoms with Crippen LogP contribution in [0.15, 0.2) is 42.5 Å². The van der Waals surface area contributed by atoms with E-state index in [1.165, 1.54) is 16.7 Å². The van der Waals surface area contributed by atoms with E-state index in [-0.39, 0.29) is 11.2 Å². The highest BCUT2D eigenvalue weighted by atomic mass is 16.1. The second-order valence-corrected chi connectivity index (χ2v) is 7.71. The zero-order valence-electron chi connectivity index (χ0n) is 15.2. The van der Waals surface area contributed by atoms with Gasteiger partial charge in [-0.05, 0) is 40.5 Å². The molecule has 23 heavy (non-hydrogen) atoms. The minimum atomic E-state index is 0.115. The van der Waals surface area contributed by atoms with Crippen molar-refractivity contribution in [1.82, 2.24) is 0 Å². The molecule has 0 radical (unpaired) electrons. The fourth-order valence-electron chi connectivity index (χ4n) is 2.95. The van der Waals surface area contributed by atoms with Gasteiger partial charge < -0.3 is 0 Å². The Bertz CT molecular complexity index is 685. The van der Waals surface area contributed by atoms with Gasteiger partial charge in [-0.2, -0.15) is 0 Å². The zero-order valence-corrected chi connectivity index (χ0v) is 15.2. The molecule has 0 saturated carbocycles. The molecule has 1 nitrogen and oxygen atoms in total. The molecule has 0 saturated heterocycles. The van der Waals surface area contributed by atoms with Crippen LogP contribution in [0.3, 0.4) is 0 Å². The van der Waals surface area contributed by atoms with Gasteiger partial charge in [-0.3, -0.25) is 4.79 Å². The molecule has 2 rings (SSSR count). The van der Waals surface area contributed by atoms with E-state index in [0.29, 0.717) is 12.3 Å². The molecule has 0 aliphatic heterocycles. The Kier molecular flexibility index (Phi) is 5.09. The smallest absolute Gasteiger partial charge is 0.167 e. The van der Waals surface area contributed by atoms with Gasteiger partial charge in [0.2, 0.25) is 0 Å². The molecule has 0 atom stereocenters. The summed E-state index contributed by atoms with van der Waals surface area (Å²) in [6.07, 6.45) is 0.473. The van der Waals surface area contributed by atoms with E-state index < -0.39 is 0 Å². The molecule has 2 aromatic carbocycles. The Hall–Kier alpha value is -1.89. The van der Waals surface area contributed by atoms with Gasteiger partial charge in [-0.25, -0.2) is 0 Å². The topological polar surface area (TPSA) is 17.1 Å². The highest BCUT2D eigenvalue weighted by Crippen LogP contribution is 2.24. The van der Waals surface area contributed by atoms with E-state index in [2.05, 4.69) is 71.9 Å². The average Bonchev–Trinajstić information content (AvgIpc) is 2.48. The number of benzene rings is 2. The molecule has 0 aromatic heterocycles. The first-order chi connectivity index (χ1) is 10.7. The van der Waals surface area contributed by atoms with Crippen molar-refractivity contribution in [3.63, 3.8) is 0 Å². The molecule has 0 bridgehead atoms. The van der Waals surface area contributed by atoms with Crippen LogP contribution >= 0.6 is 0 Å². The number of carbonyl (C=O) groups is 1. The monoisotopic (exact) mass is 308 g/mol. The van der Waals surface area contributed by atoms with Crippen LogP contribution < -0.4 is 0 Å². The van der Waals surface area contributed by atoms with Crippen LogP contribution in [-0.4, -0.2) is 5.78 Å². The number of hydrogen-bond acceptors (Lipinski definition) is 1. The van der Waals surface area contributed by atoms with E-state index in [0.717, 1.165) is 11.1 Å². The third-order valence-electron chi connectivity index (χ3n) is 4.53. The lowest BCUT2D eigenvalue weighted by Gasteiger charge is -2.19. The van der Waals surface area contributed by atoms with Crippen molar-refractivity contribution in [2.45, 2.75) is 59.3 Å². The van der Waals surface area contributed by atoms with Gasteiger partial charge in [0.1, 0.15) is 0 Å². The first kappa shape index (κ1) is 17.5. The summed E-state index contributed by atoms with van der Waals surface area (Å²) in [4.78, 5) is 12.6. The summed E-state index contributed by atoms with van der Waals surface area (Å²) in [6.45, 7) is 13.1. The van der Waals surface area contributed by atoms with Crippen molar-refractivity contribution in [2.75, 3.05) is 0 Å². The molecule has 0 N–H and O–H groups in total. The van der Waals surface area contributed by atoms with Gasteiger partial charge in [0.05, 0.1) is 0 Å². The maximum atomic E-state index is 12.6. The number of carbonyl (C=O) groups excluding carboxylic acids is 1. The molecule has 0 heterocycles. The fourth-order valence-corrected chi connectivity index (χ4v) is 2.95. The standard InChI is InChI=1S/C22H28O/c1-15(2)20-9-7-8-18(16(20)3)14-21(23)17-10-12-19(13-11-17)22(4,5)6/h7-13,15H,14H2,1-6H3. The largest absolute Gasteiger partial charge is 0.294 e. The van der Waals surface area contributed by atoms with Crippen LogP contribution in [0, 0.1) is 6.92 Å². The van der Waals surface area contributed by atoms with E-state index in [1.54, 1.807) is 0 Å². The van der Waals surface area contributed by atoms with Crippen molar-refractivity contribution in [2.24, 2.45) is 0 Å². The Morgan fingerprint density at radius 3 is 2.13 bits per heavy atom. The SMILES string of the molecule is Cc1c(CC(=O)c2ccc(C(C)(C)C)cc2)cccc1C(C)C. The molecule has 2 aromatic rings. The van der Waals surface area contributed by atoms with Crippen LogP contribution in [0.2, 0.25) is 0 Å². The van der Waals surface area contributed by atoms with Crippen LogP contribution in [0.1, 0.15) is 73.1 Å². The van der Waals surface area contributed by atoms with E-state index in [1.807, 2.05) is 12.1 Å². The lowest BCUT2D eigenvalue weighted by atomic mass is 9.86. The summed E-state index contributed by atoms with van der Waals surface area (Å²) in [5.74, 6) is 0.672. The van der Waals surface area contributed by atoms with Crippen molar-refractivity contribution < 1.29 is 4.79 Å². The van der Waals surface area contributed by atoms with Gasteiger partial charge in [-0.1, -0.05) is 77.1 Å². The third kappa shape index (κ3) is 4.10. The Morgan fingerprint density at radius 1 is 1.00 bits per heavy atom. The van der Waals surface area contributed by atoms with Crippen molar-refractivity contribution >= 4 is 5.78 Å². The summed E-state index contributed by atoms with van der Waals surface area (Å²) in [5.41, 5.74) is 5.89. The summed E-state index contributed by atoms with van der Waals surface area (Å²) in [6, 6.07) is 14.4. The number of ketones is 1. The lowest BCUT2D eigenvalue weighted by molar-refractivity contribution is 0.0992. The summed E-state index contributed by atoms with van der Waals surface area (Å²) in [7, 11) is 0. The highest BCUT2D eigenvalue weighted by molar-refractivity contribution is 5.97. The molecular formula is C22H28O. The minimum Gasteiger partial charge on any atom is -0.294 e. The molecule has 0 aliphatic carbocycles. The van der Waals surface area contributed by atoms with E-state index in [4.69, 9.17) is 0 Å². The summed E-state index contributed by atoms with van der Waals surface area (Å²) < 4.78 is 0. The van der Waals surface area contributed by atoms with E-state index >= 15 is 0 Å². The quantitative estimate of drug-likeness (QED) is 0.648. The molecule has 0 spiro atoms. The normalized spacial score (nSPS) is 11.8. The number of rotatable bonds is 4. The molecule has 0 unspecified atom stereocenters. The zero-order chi connectivity index (χ0) is 17.2. The van der Waals surface area contributed by atoms with Crippen molar-refractivity contribution in [1.29, 1.82) is 0 Å². The van der Waals surface area contributed by atoms with Gasteiger partial charge in [0.25, 0.3) is 0 Å². The lowest BCUT2D eigenvalue weighted by Crippen LogP contribution is -2.12. The molecule has 0 aliphatic rings. The van der Waals surface area contributed by atoms with Gasteiger partial charge in [-0.15, -0.1) is 0 Å². The third-order valence-corrected chi connectivity index (χ3v) is 4.53. The highest BCUT2D eigenvalue weighted by Gasteiger charge is 2.15. The van der Waals surface area contributed by atoms with Gasteiger partial charge in [0.15, 0.2) is 5.78 Å². The second kappa shape index (κ2) is 6.70. The number of hydrogen-bond donors (Lipinski definition) is 0. The Labute approximate surface area is 140 Å². The molecule has 0 amide bonds.